The fourth-order valence-corrected chi connectivity index (χ4v) is 4.50. The normalized spacial score (nSPS) is 30.3. The van der Waals surface area contributed by atoms with E-state index in [4.69, 9.17) is 9.47 Å². The Morgan fingerprint density at radius 2 is 1.97 bits per heavy atom. The minimum absolute atomic E-state index is 0.0104. The van der Waals surface area contributed by atoms with Gasteiger partial charge in [0.05, 0.1) is 0 Å². The van der Waals surface area contributed by atoms with Gasteiger partial charge in [-0.25, -0.2) is 9.59 Å². The van der Waals surface area contributed by atoms with Crippen LogP contribution in [0.2, 0.25) is 0 Å². The Balaban J connectivity index is 1.70. The SMILES string of the molecule is CC(C)(C)OC(=O)N1CC2CCCCC2C1C(=O)OCC1=CC=CC(C)([N+](=O)[O-])C=C1. The van der Waals surface area contributed by atoms with Crippen molar-refractivity contribution < 1.29 is 24.0 Å². The van der Waals surface area contributed by atoms with Gasteiger partial charge in [-0.05, 0) is 63.2 Å². The number of fused-ring (bicyclic) bond motifs is 1. The molecule has 0 radical (unpaired) electrons. The van der Waals surface area contributed by atoms with Gasteiger partial charge in [-0.15, -0.1) is 0 Å². The first kappa shape index (κ1) is 23.0. The summed E-state index contributed by atoms with van der Waals surface area (Å²) in [7, 11) is 0. The molecule has 0 aromatic heterocycles. The molecule has 0 aromatic carbocycles. The van der Waals surface area contributed by atoms with Crippen molar-refractivity contribution >= 4 is 12.1 Å². The minimum Gasteiger partial charge on any atom is -0.459 e. The number of nitrogens with zero attached hydrogens (tertiary/aromatic N) is 2. The number of nitro groups is 1. The van der Waals surface area contributed by atoms with E-state index in [0.717, 1.165) is 25.7 Å². The summed E-state index contributed by atoms with van der Waals surface area (Å²) in [6.45, 7) is 7.41. The Labute approximate surface area is 183 Å². The first-order valence-electron chi connectivity index (χ1n) is 10.9. The van der Waals surface area contributed by atoms with Gasteiger partial charge in [0.1, 0.15) is 18.2 Å². The first-order valence-corrected chi connectivity index (χ1v) is 10.9. The maximum atomic E-state index is 13.1. The van der Waals surface area contributed by atoms with E-state index in [9.17, 15) is 19.7 Å². The monoisotopic (exact) mass is 432 g/mol. The van der Waals surface area contributed by atoms with Crippen molar-refractivity contribution in [2.45, 2.75) is 70.6 Å². The first-order chi connectivity index (χ1) is 14.5. The second kappa shape index (κ2) is 8.85. The quantitative estimate of drug-likeness (QED) is 0.378. The lowest BCUT2D eigenvalue weighted by atomic mass is 9.78. The van der Waals surface area contributed by atoms with Crippen LogP contribution in [-0.4, -0.2) is 52.2 Å². The molecule has 1 aliphatic heterocycles. The zero-order valence-corrected chi connectivity index (χ0v) is 18.7. The van der Waals surface area contributed by atoms with Crippen molar-refractivity contribution in [3.8, 4) is 0 Å². The summed E-state index contributed by atoms with van der Waals surface area (Å²) in [6, 6.07) is -0.657. The van der Waals surface area contributed by atoms with E-state index in [-0.39, 0.29) is 23.4 Å². The fourth-order valence-electron chi connectivity index (χ4n) is 4.50. The van der Waals surface area contributed by atoms with Gasteiger partial charge in [-0.2, -0.15) is 0 Å². The van der Waals surface area contributed by atoms with Crippen molar-refractivity contribution in [2.24, 2.45) is 11.8 Å². The van der Waals surface area contributed by atoms with Crippen molar-refractivity contribution in [1.82, 2.24) is 4.90 Å². The third-order valence-electron chi connectivity index (χ3n) is 6.16. The van der Waals surface area contributed by atoms with Crippen LogP contribution in [0.15, 0.2) is 36.0 Å². The smallest absolute Gasteiger partial charge is 0.411 e. The van der Waals surface area contributed by atoms with Crippen molar-refractivity contribution in [3.63, 3.8) is 0 Å². The number of hydrogen-bond acceptors (Lipinski definition) is 6. The highest BCUT2D eigenvalue weighted by molar-refractivity contribution is 5.83. The van der Waals surface area contributed by atoms with Crippen molar-refractivity contribution in [2.75, 3.05) is 13.2 Å². The van der Waals surface area contributed by atoms with Crippen molar-refractivity contribution in [3.05, 3.63) is 46.1 Å². The highest BCUT2D eigenvalue weighted by Gasteiger charge is 2.50. The standard InChI is InChI=1S/C23H32N2O6/c1-22(2,3)31-21(27)24-14-17-9-5-6-10-18(17)19(24)20(26)30-15-16-8-7-12-23(4,13-11-16)25(28)29/h7-8,11-13,17-19H,5-6,9-10,14-15H2,1-4H3. The molecule has 170 valence electrons. The topological polar surface area (TPSA) is 99.0 Å². The van der Waals surface area contributed by atoms with Crippen LogP contribution in [0.3, 0.4) is 0 Å². The maximum absolute atomic E-state index is 13.1. The Morgan fingerprint density at radius 1 is 1.26 bits per heavy atom. The predicted molar refractivity (Wildman–Crippen MR) is 115 cm³/mol. The molecule has 4 unspecified atom stereocenters. The molecule has 1 heterocycles. The summed E-state index contributed by atoms with van der Waals surface area (Å²) in [4.78, 5) is 38.3. The maximum Gasteiger partial charge on any atom is 0.411 e. The molecule has 3 rings (SSSR count). The fraction of sp³-hybridized carbons (Fsp3) is 0.652. The number of likely N-dealkylation sites (tertiary alicyclic amines) is 1. The average Bonchev–Trinajstić information content (AvgIpc) is 2.96. The largest absolute Gasteiger partial charge is 0.459 e. The highest BCUT2D eigenvalue weighted by Crippen LogP contribution is 2.41. The number of allylic oxidation sites excluding steroid dienone is 2. The third kappa shape index (κ3) is 5.35. The Morgan fingerprint density at radius 3 is 2.65 bits per heavy atom. The second-order valence-electron chi connectivity index (χ2n) is 9.81. The van der Waals surface area contributed by atoms with Crippen molar-refractivity contribution in [1.29, 1.82) is 0 Å². The van der Waals surface area contributed by atoms with Crippen LogP contribution in [0.4, 0.5) is 4.79 Å². The van der Waals surface area contributed by atoms with E-state index in [0.29, 0.717) is 12.1 Å². The summed E-state index contributed by atoms with van der Waals surface area (Å²) in [5.74, 6) is -0.0931. The van der Waals surface area contributed by atoms with Gasteiger partial charge in [0, 0.05) is 18.4 Å². The number of ether oxygens (including phenoxy) is 2. The van der Waals surface area contributed by atoms with E-state index in [1.807, 2.05) is 0 Å². The molecule has 0 aromatic rings. The third-order valence-corrected chi connectivity index (χ3v) is 6.16. The molecule has 0 N–H and O–H groups in total. The Bertz CT molecular complexity index is 824. The molecule has 8 heteroatoms. The van der Waals surface area contributed by atoms with Crippen LogP contribution in [0.25, 0.3) is 0 Å². The molecule has 3 aliphatic rings. The van der Waals surface area contributed by atoms with E-state index < -0.39 is 29.2 Å². The summed E-state index contributed by atoms with van der Waals surface area (Å²) in [6.07, 6.45) is 11.4. The summed E-state index contributed by atoms with van der Waals surface area (Å²) in [5, 5.41) is 11.3. The molecule has 8 nitrogen and oxygen atoms in total. The van der Waals surface area contributed by atoms with Crippen LogP contribution >= 0.6 is 0 Å². The molecule has 1 saturated carbocycles. The minimum atomic E-state index is -1.30. The van der Waals surface area contributed by atoms with Gasteiger partial charge < -0.3 is 9.47 Å². The van der Waals surface area contributed by atoms with Crippen LogP contribution in [0, 0.1) is 22.0 Å². The zero-order valence-electron chi connectivity index (χ0n) is 18.7. The zero-order chi connectivity index (χ0) is 22.8. The lowest BCUT2D eigenvalue weighted by molar-refractivity contribution is -0.535. The van der Waals surface area contributed by atoms with Gasteiger partial charge in [0.15, 0.2) is 0 Å². The Hall–Kier alpha value is -2.64. The van der Waals surface area contributed by atoms with Crippen LogP contribution in [-0.2, 0) is 14.3 Å². The summed E-state index contributed by atoms with van der Waals surface area (Å²) < 4.78 is 11.1. The van der Waals surface area contributed by atoms with Gasteiger partial charge in [0.2, 0.25) is 0 Å². The summed E-state index contributed by atoms with van der Waals surface area (Å²) >= 11 is 0. The number of esters is 1. The number of hydrogen-bond donors (Lipinski definition) is 0. The van der Waals surface area contributed by atoms with Crippen LogP contribution in [0.1, 0.15) is 53.4 Å². The second-order valence-corrected chi connectivity index (χ2v) is 9.81. The number of amides is 1. The lowest BCUT2D eigenvalue weighted by Gasteiger charge is -2.30. The lowest BCUT2D eigenvalue weighted by Crippen LogP contribution is -2.46. The van der Waals surface area contributed by atoms with E-state index in [2.05, 4.69) is 0 Å². The van der Waals surface area contributed by atoms with Gasteiger partial charge in [-0.1, -0.05) is 31.1 Å². The molecule has 4 atom stereocenters. The summed E-state index contributed by atoms with van der Waals surface area (Å²) in [5.41, 5.74) is -1.29. The molecule has 2 fully saturated rings. The Kier molecular flexibility index (Phi) is 6.57. The van der Waals surface area contributed by atoms with Gasteiger partial charge >= 0.3 is 12.1 Å². The number of rotatable bonds is 4. The van der Waals surface area contributed by atoms with Gasteiger partial charge in [0.25, 0.3) is 5.54 Å². The molecular weight excluding hydrogens is 400 g/mol. The molecule has 31 heavy (non-hydrogen) atoms. The van der Waals surface area contributed by atoms with E-state index in [1.165, 1.54) is 24.0 Å². The van der Waals surface area contributed by atoms with E-state index >= 15 is 0 Å². The molecular formula is C23H32N2O6. The number of carbonyl (C=O) groups is 2. The van der Waals surface area contributed by atoms with E-state index in [1.54, 1.807) is 39.0 Å². The van der Waals surface area contributed by atoms with Crippen LogP contribution < -0.4 is 0 Å². The molecule has 1 amide bonds. The van der Waals surface area contributed by atoms with Gasteiger partial charge in [-0.3, -0.25) is 15.0 Å². The van der Waals surface area contributed by atoms with Crippen LogP contribution in [0.5, 0.6) is 0 Å². The molecule has 2 aliphatic carbocycles. The average molecular weight is 433 g/mol. The number of carbonyl (C=O) groups excluding carboxylic acids is 2. The molecule has 0 bridgehead atoms. The predicted octanol–water partition coefficient (Wildman–Crippen LogP) is 4.04. The molecule has 1 saturated heterocycles. The molecule has 0 spiro atoms. The highest BCUT2D eigenvalue weighted by atomic mass is 16.6.